The summed E-state index contributed by atoms with van der Waals surface area (Å²) in [6, 6.07) is 8.29. The van der Waals surface area contributed by atoms with Crippen LogP contribution in [0.3, 0.4) is 0 Å². The molecule has 0 saturated heterocycles. The van der Waals surface area contributed by atoms with Crippen LogP contribution in [-0.4, -0.2) is 24.3 Å². The number of benzene rings is 1. The Labute approximate surface area is 107 Å². The lowest BCUT2D eigenvalue weighted by molar-refractivity contribution is 0.972. The second-order valence-corrected chi connectivity index (χ2v) is 5.63. The minimum absolute atomic E-state index is 0.846. The Morgan fingerprint density at radius 2 is 1.88 bits per heavy atom. The Morgan fingerprint density at radius 3 is 2.44 bits per heavy atom. The Bertz CT molecular complexity index is 464. The summed E-state index contributed by atoms with van der Waals surface area (Å²) in [5.41, 5.74) is 1.25. The normalized spacial score (nSPS) is 10.4. The van der Waals surface area contributed by atoms with Crippen molar-refractivity contribution in [3.05, 3.63) is 39.3 Å². The van der Waals surface area contributed by atoms with Crippen molar-refractivity contribution < 1.29 is 0 Å². The topological polar surface area (TPSA) is 29.0 Å². The third kappa shape index (κ3) is 2.80. The molecule has 1 aromatic heterocycles. The van der Waals surface area contributed by atoms with Crippen LogP contribution in [0.1, 0.15) is 10.6 Å². The first-order chi connectivity index (χ1) is 7.65. The highest BCUT2D eigenvalue weighted by Gasteiger charge is 2.06. The number of nitrogens with zero attached hydrogens (tertiary/aromatic N) is 3. The summed E-state index contributed by atoms with van der Waals surface area (Å²) in [6.45, 7) is 0. The quantitative estimate of drug-likeness (QED) is 0.872. The Morgan fingerprint density at radius 1 is 1.19 bits per heavy atom. The predicted octanol–water partition coefficient (Wildman–Crippen LogP) is 2.96. The van der Waals surface area contributed by atoms with Gasteiger partial charge in [0.1, 0.15) is 5.01 Å². The minimum atomic E-state index is 0.846. The van der Waals surface area contributed by atoms with E-state index in [1.807, 2.05) is 31.1 Å². The first-order valence-electron chi connectivity index (χ1n) is 4.89. The second kappa shape index (κ2) is 4.93. The number of hydrogen-bond donors (Lipinski definition) is 0. The number of rotatable bonds is 3. The Hall–Kier alpha value is -0.940. The third-order valence-electron chi connectivity index (χ3n) is 2.11. The van der Waals surface area contributed by atoms with Crippen LogP contribution < -0.4 is 4.90 Å². The van der Waals surface area contributed by atoms with Crippen molar-refractivity contribution in [3.8, 4) is 0 Å². The molecule has 3 nitrogen and oxygen atoms in total. The monoisotopic (exact) mass is 297 g/mol. The number of aromatic nitrogens is 2. The van der Waals surface area contributed by atoms with Gasteiger partial charge in [-0.2, -0.15) is 0 Å². The fraction of sp³-hybridized carbons (Fsp3) is 0.273. The molecule has 1 aromatic carbocycles. The van der Waals surface area contributed by atoms with E-state index in [0.717, 1.165) is 21.0 Å². The van der Waals surface area contributed by atoms with Gasteiger partial charge in [0.15, 0.2) is 0 Å². The van der Waals surface area contributed by atoms with Gasteiger partial charge in [0.25, 0.3) is 0 Å². The lowest BCUT2D eigenvalue weighted by Gasteiger charge is -2.03. The van der Waals surface area contributed by atoms with Gasteiger partial charge in [-0.05, 0) is 17.7 Å². The molecule has 5 heteroatoms. The number of hydrogen-bond acceptors (Lipinski definition) is 4. The molecule has 0 aliphatic carbocycles. The standard InChI is InChI=1S/C11H12BrN3S/c1-15(2)11-14-13-10(16-11)7-8-3-5-9(12)6-4-8/h3-6H,7H2,1-2H3. The lowest BCUT2D eigenvalue weighted by atomic mass is 10.2. The zero-order valence-corrected chi connectivity index (χ0v) is 11.5. The van der Waals surface area contributed by atoms with Crippen molar-refractivity contribution in [2.24, 2.45) is 0 Å². The van der Waals surface area contributed by atoms with Gasteiger partial charge in [0.2, 0.25) is 5.13 Å². The summed E-state index contributed by atoms with van der Waals surface area (Å²) >= 11 is 5.05. The highest BCUT2D eigenvalue weighted by atomic mass is 79.9. The zero-order chi connectivity index (χ0) is 11.5. The molecule has 0 aliphatic rings. The van der Waals surface area contributed by atoms with E-state index in [0.29, 0.717) is 0 Å². The highest BCUT2D eigenvalue weighted by Crippen LogP contribution is 2.21. The number of anilines is 1. The minimum Gasteiger partial charge on any atom is -0.353 e. The van der Waals surface area contributed by atoms with Gasteiger partial charge in [-0.25, -0.2) is 0 Å². The molecule has 0 amide bonds. The summed E-state index contributed by atoms with van der Waals surface area (Å²) in [7, 11) is 3.95. The van der Waals surface area contributed by atoms with Gasteiger partial charge >= 0.3 is 0 Å². The van der Waals surface area contributed by atoms with Gasteiger partial charge in [-0.1, -0.05) is 39.4 Å². The van der Waals surface area contributed by atoms with E-state index in [1.54, 1.807) is 11.3 Å². The van der Waals surface area contributed by atoms with E-state index in [1.165, 1.54) is 5.56 Å². The Kier molecular flexibility index (Phi) is 3.56. The molecule has 0 unspecified atom stereocenters. The van der Waals surface area contributed by atoms with Crippen LogP contribution >= 0.6 is 27.3 Å². The summed E-state index contributed by atoms with van der Waals surface area (Å²) in [4.78, 5) is 1.97. The number of halogens is 1. The maximum absolute atomic E-state index is 4.17. The van der Waals surface area contributed by atoms with Crippen LogP contribution in [0.4, 0.5) is 5.13 Å². The molecule has 1 heterocycles. The van der Waals surface area contributed by atoms with Crippen molar-refractivity contribution >= 4 is 32.4 Å². The largest absolute Gasteiger partial charge is 0.353 e. The summed E-state index contributed by atoms with van der Waals surface area (Å²) in [6.07, 6.45) is 0.846. The predicted molar refractivity (Wildman–Crippen MR) is 71.2 cm³/mol. The fourth-order valence-electron chi connectivity index (χ4n) is 1.27. The maximum Gasteiger partial charge on any atom is 0.207 e. The smallest absolute Gasteiger partial charge is 0.207 e. The van der Waals surface area contributed by atoms with Crippen molar-refractivity contribution in [3.63, 3.8) is 0 Å². The van der Waals surface area contributed by atoms with Crippen LogP contribution in [0.15, 0.2) is 28.7 Å². The van der Waals surface area contributed by atoms with E-state index in [4.69, 9.17) is 0 Å². The molecule has 0 atom stereocenters. The molecule has 2 rings (SSSR count). The molecule has 0 spiro atoms. The van der Waals surface area contributed by atoms with Crippen LogP contribution in [0.2, 0.25) is 0 Å². The van der Waals surface area contributed by atoms with Gasteiger partial charge in [-0.3, -0.25) is 0 Å². The van der Waals surface area contributed by atoms with E-state index >= 15 is 0 Å². The van der Waals surface area contributed by atoms with Gasteiger partial charge in [-0.15, -0.1) is 10.2 Å². The molecule has 0 bridgehead atoms. The lowest BCUT2D eigenvalue weighted by Crippen LogP contribution is -2.07. The zero-order valence-electron chi connectivity index (χ0n) is 9.14. The van der Waals surface area contributed by atoms with Crippen LogP contribution in [0.25, 0.3) is 0 Å². The Balaban J connectivity index is 2.11. The fourth-order valence-corrected chi connectivity index (χ4v) is 2.33. The summed E-state index contributed by atoms with van der Waals surface area (Å²) < 4.78 is 1.10. The molecule has 84 valence electrons. The molecule has 0 aliphatic heterocycles. The highest BCUT2D eigenvalue weighted by molar-refractivity contribution is 9.10. The van der Waals surface area contributed by atoms with Crippen molar-refractivity contribution in [1.29, 1.82) is 0 Å². The van der Waals surface area contributed by atoms with Gasteiger partial charge in [0.05, 0.1) is 0 Å². The molecule has 16 heavy (non-hydrogen) atoms. The maximum atomic E-state index is 4.17. The average Bonchev–Trinajstić information content (AvgIpc) is 2.70. The van der Waals surface area contributed by atoms with Gasteiger partial charge in [0, 0.05) is 25.0 Å². The summed E-state index contributed by atoms with van der Waals surface area (Å²) in [5.74, 6) is 0. The molecule has 0 radical (unpaired) electrons. The summed E-state index contributed by atoms with van der Waals surface area (Å²) in [5, 5.41) is 10.3. The molecule has 0 saturated carbocycles. The van der Waals surface area contributed by atoms with Crippen molar-refractivity contribution in [2.45, 2.75) is 6.42 Å². The van der Waals surface area contributed by atoms with E-state index in [2.05, 4.69) is 38.3 Å². The van der Waals surface area contributed by atoms with E-state index in [9.17, 15) is 0 Å². The molecule has 0 fully saturated rings. The van der Waals surface area contributed by atoms with E-state index < -0.39 is 0 Å². The molecule has 2 aromatic rings. The van der Waals surface area contributed by atoms with Crippen LogP contribution in [0, 0.1) is 0 Å². The average molecular weight is 298 g/mol. The van der Waals surface area contributed by atoms with Crippen LogP contribution in [-0.2, 0) is 6.42 Å². The van der Waals surface area contributed by atoms with Gasteiger partial charge < -0.3 is 4.90 Å². The SMILES string of the molecule is CN(C)c1nnc(Cc2ccc(Br)cc2)s1. The molecular formula is C11H12BrN3S. The van der Waals surface area contributed by atoms with Crippen molar-refractivity contribution in [1.82, 2.24) is 10.2 Å². The second-order valence-electron chi connectivity index (χ2n) is 3.68. The van der Waals surface area contributed by atoms with E-state index in [-0.39, 0.29) is 0 Å². The molecule has 0 N–H and O–H groups in total. The third-order valence-corrected chi connectivity index (χ3v) is 3.73. The first-order valence-corrected chi connectivity index (χ1v) is 6.50. The van der Waals surface area contributed by atoms with Crippen LogP contribution in [0.5, 0.6) is 0 Å². The molecular weight excluding hydrogens is 286 g/mol. The van der Waals surface area contributed by atoms with Crippen molar-refractivity contribution in [2.75, 3.05) is 19.0 Å². The first kappa shape index (κ1) is 11.5.